The monoisotopic (exact) mass is 219 g/mol. The van der Waals surface area contributed by atoms with Crippen molar-refractivity contribution in [3.8, 4) is 17.2 Å². The second-order valence-corrected chi connectivity index (χ2v) is 2.45. The molecular weight excluding hydrogens is 206 g/mol. The van der Waals surface area contributed by atoms with Gasteiger partial charge in [-0.3, -0.25) is 0 Å². The van der Waals surface area contributed by atoms with E-state index in [-0.39, 0.29) is 18.2 Å². The Bertz CT molecular complexity index is 304. The Hall–Kier alpha value is -1.29. The fourth-order valence-electron chi connectivity index (χ4n) is 1.12. The standard InChI is InChI=1S/C9H13NO3.ClH/c1-10-6-4-5-7(12-2)8(11)9(6)13-3;/h4-5,10-11H,1-3H3;1H. The van der Waals surface area contributed by atoms with Crippen molar-refractivity contribution < 1.29 is 14.6 Å². The molecule has 0 radical (unpaired) electrons. The molecule has 1 rings (SSSR count). The second kappa shape index (κ2) is 5.44. The Balaban J connectivity index is 0.00000169. The van der Waals surface area contributed by atoms with Crippen molar-refractivity contribution in [2.45, 2.75) is 0 Å². The Kier molecular flexibility index (Phi) is 4.94. The van der Waals surface area contributed by atoms with Crippen molar-refractivity contribution in [1.29, 1.82) is 0 Å². The average molecular weight is 220 g/mol. The molecule has 0 fully saturated rings. The molecular formula is C9H14ClNO3. The zero-order valence-electron chi connectivity index (χ0n) is 8.33. The number of hydrogen-bond donors (Lipinski definition) is 2. The molecule has 0 bridgehead atoms. The maximum atomic E-state index is 9.61. The summed E-state index contributed by atoms with van der Waals surface area (Å²) in [6.45, 7) is 0. The van der Waals surface area contributed by atoms with Gasteiger partial charge in [0.25, 0.3) is 0 Å². The number of methoxy groups -OCH3 is 2. The maximum absolute atomic E-state index is 9.61. The third-order valence-electron chi connectivity index (χ3n) is 1.79. The number of aromatic hydroxyl groups is 1. The van der Waals surface area contributed by atoms with Crippen LogP contribution in [-0.4, -0.2) is 26.4 Å². The third-order valence-corrected chi connectivity index (χ3v) is 1.79. The van der Waals surface area contributed by atoms with Crippen molar-refractivity contribution in [3.05, 3.63) is 12.1 Å². The Morgan fingerprint density at radius 1 is 1.21 bits per heavy atom. The van der Waals surface area contributed by atoms with E-state index in [1.165, 1.54) is 14.2 Å². The van der Waals surface area contributed by atoms with Gasteiger partial charge in [-0.2, -0.15) is 0 Å². The van der Waals surface area contributed by atoms with Crippen LogP contribution in [0.25, 0.3) is 0 Å². The molecule has 80 valence electrons. The molecule has 0 saturated carbocycles. The van der Waals surface area contributed by atoms with Crippen LogP contribution in [0.5, 0.6) is 17.2 Å². The van der Waals surface area contributed by atoms with E-state index in [1.807, 2.05) is 0 Å². The number of hydrogen-bond acceptors (Lipinski definition) is 4. The van der Waals surface area contributed by atoms with Crippen LogP contribution < -0.4 is 14.8 Å². The van der Waals surface area contributed by atoms with Crippen LogP contribution in [0.1, 0.15) is 0 Å². The molecule has 0 spiro atoms. The highest BCUT2D eigenvalue weighted by Crippen LogP contribution is 2.41. The van der Waals surface area contributed by atoms with E-state index in [1.54, 1.807) is 19.2 Å². The fourth-order valence-corrected chi connectivity index (χ4v) is 1.12. The first kappa shape index (κ1) is 12.7. The Morgan fingerprint density at radius 3 is 2.29 bits per heavy atom. The summed E-state index contributed by atoms with van der Waals surface area (Å²) < 4.78 is 9.95. The van der Waals surface area contributed by atoms with Crippen LogP contribution in [0.2, 0.25) is 0 Å². The van der Waals surface area contributed by atoms with Gasteiger partial charge in [-0.25, -0.2) is 0 Å². The van der Waals surface area contributed by atoms with Gasteiger partial charge in [0.05, 0.1) is 19.9 Å². The molecule has 0 aliphatic carbocycles. The third kappa shape index (κ3) is 2.14. The van der Waals surface area contributed by atoms with Crippen molar-refractivity contribution in [2.24, 2.45) is 0 Å². The van der Waals surface area contributed by atoms with Crippen LogP contribution in [0.3, 0.4) is 0 Å². The van der Waals surface area contributed by atoms with E-state index in [9.17, 15) is 5.11 Å². The summed E-state index contributed by atoms with van der Waals surface area (Å²) in [7, 11) is 4.74. The van der Waals surface area contributed by atoms with Crippen LogP contribution >= 0.6 is 12.4 Å². The van der Waals surface area contributed by atoms with Crippen molar-refractivity contribution >= 4 is 18.1 Å². The quantitative estimate of drug-likeness (QED) is 0.815. The van der Waals surface area contributed by atoms with Gasteiger partial charge in [-0.1, -0.05) is 0 Å². The van der Waals surface area contributed by atoms with Crippen LogP contribution in [-0.2, 0) is 0 Å². The Labute approximate surface area is 89.3 Å². The number of phenols is 1. The highest BCUT2D eigenvalue weighted by Gasteiger charge is 2.12. The molecule has 4 nitrogen and oxygen atoms in total. The lowest BCUT2D eigenvalue weighted by atomic mass is 10.2. The number of nitrogens with one attached hydrogen (secondary N) is 1. The van der Waals surface area contributed by atoms with E-state index in [4.69, 9.17) is 9.47 Å². The molecule has 2 N–H and O–H groups in total. The first-order chi connectivity index (χ1) is 6.24. The number of phenolic OH excluding ortho intramolecular Hbond substituents is 1. The normalized spacial score (nSPS) is 8.79. The summed E-state index contributed by atoms with van der Waals surface area (Å²) in [5.74, 6) is 0.801. The molecule has 0 aliphatic rings. The van der Waals surface area contributed by atoms with Crippen LogP contribution in [0.15, 0.2) is 12.1 Å². The fraction of sp³-hybridized carbons (Fsp3) is 0.333. The summed E-state index contributed by atoms with van der Waals surface area (Å²) in [6, 6.07) is 3.45. The zero-order chi connectivity index (χ0) is 9.84. The number of ether oxygens (including phenoxy) is 2. The van der Waals surface area contributed by atoms with Gasteiger partial charge in [0.15, 0.2) is 11.5 Å². The van der Waals surface area contributed by atoms with Gasteiger partial charge in [-0.15, -0.1) is 12.4 Å². The number of halogens is 1. The maximum Gasteiger partial charge on any atom is 0.202 e. The molecule has 0 aromatic heterocycles. The van der Waals surface area contributed by atoms with E-state index in [0.717, 1.165) is 5.69 Å². The molecule has 0 amide bonds. The highest BCUT2D eigenvalue weighted by atomic mass is 35.5. The summed E-state index contributed by atoms with van der Waals surface area (Å²) in [6.07, 6.45) is 0. The second-order valence-electron chi connectivity index (χ2n) is 2.45. The minimum absolute atomic E-state index is 0. The lowest BCUT2D eigenvalue weighted by Gasteiger charge is -2.12. The molecule has 0 unspecified atom stereocenters. The minimum atomic E-state index is 0. The summed E-state index contributed by atoms with van der Waals surface area (Å²) in [4.78, 5) is 0. The van der Waals surface area contributed by atoms with Crippen LogP contribution in [0.4, 0.5) is 5.69 Å². The zero-order valence-corrected chi connectivity index (χ0v) is 9.14. The van der Waals surface area contributed by atoms with Gasteiger partial charge in [-0.05, 0) is 12.1 Å². The molecule has 0 saturated heterocycles. The minimum Gasteiger partial charge on any atom is -0.502 e. The molecule has 14 heavy (non-hydrogen) atoms. The van der Waals surface area contributed by atoms with E-state index < -0.39 is 0 Å². The molecule has 5 heteroatoms. The molecule has 1 aromatic carbocycles. The number of benzene rings is 1. The number of rotatable bonds is 3. The summed E-state index contributed by atoms with van der Waals surface area (Å²) in [5.41, 5.74) is 0.723. The summed E-state index contributed by atoms with van der Waals surface area (Å²) >= 11 is 0. The predicted molar refractivity (Wildman–Crippen MR) is 58.0 cm³/mol. The summed E-state index contributed by atoms with van der Waals surface area (Å²) in [5, 5.41) is 12.5. The molecule has 0 heterocycles. The van der Waals surface area contributed by atoms with Gasteiger partial charge >= 0.3 is 0 Å². The molecule has 1 aromatic rings. The van der Waals surface area contributed by atoms with Gasteiger partial charge in [0, 0.05) is 7.05 Å². The topological polar surface area (TPSA) is 50.7 Å². The van der Waals surface area contributed by atoms with Crippen molar-refractivity contribution in [1.82, 2.24) is 0 Å². The van der Waals surface area contributed by atoms with Crippen molar-refractivity contribution in [2.75, 3.05) is 26.6 Å². The van der Waals surface area contributed by atoms with Gasteiger partial charge in [0.1, 0.15) is 0 Å². The molecule has 0 atom stereocenters. The number of anilines is 1. The SMILES string of the molecule is CNc1ccc(OC)c(O)c1OC.Cl. The predicted octanol–water partition coefficient (Wildman–Crippen LogP) is 1.87. The van der Waals surface area contributed by atoms with E-state index in [2.05, 4.69) is 5.32 Å². The average Bonchev–Trinajstić information content (AvgIpc) is 2.17. The largest absolute Gasteiger partial charge is 0.502 e. The van der Waals surface area contributed by atoms with E-state index >= 15 is 0 Å². The highest BCUT2D eigenvalue weighted by molar-refractivity contribution is 5.85. The lowest BCUT2D eigenvalue weighted by molar-refractivity contribution is 0.341. The van der Waals surface area contributed by atoms with E-state index in [0.29, 0.717) is 11.5 Å². The van der Waals surface area contributed by atoms with Crippen LogP contribution in [0, 0.1) is 0 Å². The van der Waals surface area contributed by atoms with Gasteiger partial charge in [0.2, 0.25) is 5.75 Å². The first-order valence-corrected chi connectivity index (χ1v) is 3.86. The molecule has 0 aliphatic heterocycles. The smallest absolute Gasteiger partial charge is 0.202 e. The Morgan fingerprint density at radius 2 is 1.86 bits per heavy atom. The van der Waals surface area contributed by atoms with Gasteiger partial charge < -0.3 is 19.9 Å². The van der Waals surface area contributed by atoms with Crippen molar-refractivity contribution in [3.63, 3.8) is 0 Å². The first-order valence-electron chi connectivity index (χ1n) is 3.86. The lowest BCUT2D eigenvalue weighted by Crippen LogP contribution is -1.95.